The lowest BCUT2D eigenvalue weighted by Gasteiger charge is -2.16. The summed E-state index contributed by atoms with van der Waals surface area (Å²) < 4.78 is 12.2. The summed E-state index contributed by atoms with van der Waals surface area (Å²) in [5.41, 5.74) is 7.52. The molecule has 0 spiro atoms. The van der Waals surface area contributed by atoms with Gasteiger partial charge in [0.2, 0.25) is 6.29 Å². The number of nitrogens with two attached hydrogens (primary N) is 1. The van der Waals surface area contributed by atoms with Gasteiger partial charge < -0.3 is 19.8 Å². The summed E-state index contributed by atoms with van der Waals surface area (Å²) in [7, 11) is 3.04. The molecule has 2 atom stereocenters. The molecule has 2 aromatic rings. The van der Waals surface area contributed by atoms with Gasteiger partial charge in [0.25, 0.3) is 5.56 Å². The van der Waals surface area contributed by atoms with E-state index in [1.807, 2.05) is 0 Å². The fourth-order valence-electron chi connectivity index (χ4n) is 2.93. The molecular weight excluding hydrogens is 378 g/mol. The lowest BCUT2D eigenvalue weighted by molar-refractivity contribution is -0.183. The van der Waals surface area contributed by atoms with Gasteiger partial charge in [-0.05, 0) is 24.5 Å². The molecule has 0 saturated carbocycles. The van der Waals surface area contributed by atoms with Crippen molar-refractivity contribution in [3.8, 4) is 11.1 Å². The molecule has 0 amide bonds. The molecular formula is C20H25N3O6. The van der Waals surface area contributed by atoms with Crippen molar-refractivity contribution < 1.29 is 19.1 Å². The Morgan fingerprint density at radius 3 is 2.21 bits per heavy atom. The fourth-order valence-corrected chi connectivity index (χ4v) is 2.93. The largest absolute Gasteiger partial charge is 0.426 e. The first-order chi connectivity index (χ1) is 13.5. The number of aromatic nitrogens is 2. The first kappa shape index (κ1) is 22.1. The van der Waals surface area contributed by atoms with Gasteiger partial charge in [-0.1, -0.05) is 24.3 Å². The van der Waals surface area contributed by atoms with Crippen molar-refractivity contribution in [2.45, 2.75) is 39.5 Å². The fraction of sp³-hybridized carbons (Fsp3) is 0.400. The molecule has 0 bridgehead atoms. The molecule has 0 saturated heterocycles. The van der Waals surface area contributed by atoms with E-state index in [1.54, 1.807) is 38.2 Å². The average molecular weight is 403 g/mol. The van der Waals surface area contributed by atoms with E-state index in [2.05, 4.69) is 0 Å². The van der Waals surface area contributed by atoms with Gasteiger partial charge in [0, 0.05) is 33.6 Å². The molecule has 1 aromatic heterocycles. The topological polar surface area (TPSA) is 123 Å². The Hall–Kier alpha value is -3.20. The monoisotopic (exact) mass is 403 g/mol. The summed E-state index contributed by atoms with van der Waals surface area (Å²) in [6, 6.07) is 6.04. The van der Waals surface area contributed by atoms with Gasteiger partial charge in [-0.25, -0.2) is 4.79 Å². The van der Waals surface area contributed by atoms with Crippen molar-refractivity contribution in [1.82, 2.24) is 9.13 Å². The predicted molar refractivity (Wildman–Crippen MR) is 106 cm³/mol. The van der Waals surface area contributed by atoms with E-state index >= 15 is 0 Å². The van der Waals surface area contributed by atoms with Crippen LogP contribution in [-0.4, -0.2) is 33.4 Å². The van der Waals surface area contributed by atoms with Crippen LogP contribution >= 0.6 is 0 Å². The molecule has 1 heterocycles. The van der Waals surface area contributed by atoms with Crippen LogP contribution in [0.25, 0.3) is 11.1 Å². The Bertz CT molecular complexity index is 1040. The zero-order chi connectivity index (χ0) is 21.9. The van der Waals surface area contributed by atoms with Crippen LogP contribution in [0.4, 0.5) is 0 Å². The van der Waals surface area contributed by atoms with Crippen molar-refractivity contribution >= 4 is 11.9 Å². The Balaban J connectivity index is 2.18. The first-order valence-corrected chi connectivity index (χ1v) is 9.02. The van der Waals surface area contributed by atoms with E-state index in [1.165, 1.54) is 25.5 Å². The number of carbonyl (C=O) groups is 2. The van der Waals surface area contributed by atoms with Gasteiger partial charge in [0.15, 0.2) is 0 Å². The number of carbonyl (C=O) groups excluding carboxylic acids is 2. The average Bonchev–Trinajstić information content (AvgIpc) is 2.65. The van der Waals surface area contributed by atoms with Crippen molar-refractivity contribution in [3.05, 3.63) is 56.4 Å². The number of rotatable bonds is 6. The summed E-state index contributed by atoms with van der Waals surface area (Å²) in [6.45, 7) is 4.35. The van der Waals surface area contributed by atoms with Crippen LogP contribution < -0.4 is 17.0 Å². The SMILES string of the molecule is CC(=O)OC(C)OC(=O)C(N)Cc1ccc(-c2c(C)n(C)c(=O)n(C)c2=O)cc1. The molecule has 2 N–H and O–H groups in total. The van der Waals surface area contributed by atoms with Gasteiger partial charge in [-0.2, -0.15) is 0 Å². The highest BCUT2D eigenvalue weighted by Gasteiger charge is 2.20. The number of esters is 2. The summed E-state index contributed by atoms with van der Waals surface area (Å²) in [5.74, 6) is -1.25. The molecule has 1 aromatic carbocycles. The van der Waals surface area contributed by atoms with Crippen LogP contribution in [-0.2, 0) is 39.6 Å². The maximum absolute atomic E-state index is 12.5. The summed E-state index contributed by atoms with van der Waals surface area (Å²) in [6.07, 6.45) is -0.812. The van der Waals surface area contributed by atoms with E-state index in [-0.39, 0.29) is 17.7 Å². The summed E-state index contributed by atoms with van der Waals surface area (Å²) in [4.78, 5) is 47.4. The van der Waals surface area contributed by atoms with Crippen LogP contribution in [0.2, 0.25) is 0 Å². The molecule has 29 heavy (non-hydrogen) atoms. The second-order valence-corrected chi connectivity index (χ2v) is 6.79. The Morgan fingerprint density at radius 1 is 1.07 bits per heavy atom. The molecule has 0 aliphatic rings. The molecule has 0 aliphatic heterocycles. The minimum Gasteiger partial charge on any atom is -0.426 e. The van der Waals surface area contributed by atoms with Crippen LogP contribution in [0.1, 0.15) is 25.1 Å². The third-order valence-electron chi connectivity index (χ3n) is 4.57. The second kappa shape index (κ2) is 8.87. The maximum atomic E-state index is 12.5. The lowest BCUT2D eigenvalue weighted by atomic mass is 10.0. The number of nitrogens with zero attached hydrogens (tertiary/aromatic N) is 2. The second-order valence-electron chi connectivity index (χ2n) is 6.79. The summed E-state index contributed by atoms with van der Waals surface area (Å²) in [5, 5.41) is 0. The third-order valence-corrected chi connectivity index (χ3v) is 4.57. The van der Waals surface area contributed by atoms with Crippen molar-refractivity contribution in [2.24, 2.45) is 19.8 Å². The maximum Gasteiger partial charge on any atom is 0.330 e. The van der Waals surface area contributed by atoms with Crippen LogP contribution in [0.15, 0.2) is 33.9 Å². The molecule has 9 heteroatoms. The van der Waals surface area contributed by atoms with E-state index in [9.17, 15) is 19.2 Å². The predicted octanol–water partition coefficient (Wildman–Crippen LogP) is 0.382. The first-order valence-electron chi connectivity index (χ1n) is 9.02. The van der Waals surface area contributed by atoms with Crippen LogP contribution in [0, 0.1) is 6.92 Å². The molecule has 0 fully saturated rings. The zero-order valence-electron chi connectivity index (χ0n) is 17.1. The zero-order valence-corrected chi connectivity index (χ0v) is 17.1. The molecule has 0 aliphatic carbocycles. The summed E-state index contributed by atoms with van der Waals surface area (Å²) >= 11 is 0. The molecule has 156 valence electrons. The minimum atomic E-state index is -1.02. The Kier molecular flexibility index (Phi) is 6.76. The standard InChI is InChI=1S/C20H25N3O6/c1-11-17(18(25)23(5)20(27)22(11)4)15-8-6-14(7-9-15)10-16(21)19(26)29-13(3)28-12(2)24/h6-9,13,16H,10,21H2,1-5H3. The van der Waals surface area contributed by atoms with Gasteiger partial charge in [0.1, 0.15) is 6.04 Å². The van der Waals surface area contributed by atoms with E-state index in [0.29, 0.717) is 16.8 Å². The Morgan fingerprint density at radius 2 is 1.66 bits per heavy atom. The van der Waals surface area contributed by atoms with Crippen LogP contribution in [0.5, 0.6) is 0 Å². The normalized spacial score (nSPS) is 12.9. The van der Waals surface area contributed by atoms with Gasteiger partial charge in [-0.3, -0.25) is 19.0 Å². The molecule has 0 radical (unpaired) electrons. The van der Waals surface area contributed by atoms with Crippen molar-refractivity contribution in [2.75, 3.05) is 0 Å². The van der Waals surface area contributed by atoms with Crippen molar-refractivity contribution in [3.63, 3.8) is 0 Å². The Labute approximate surface area is 167 Å². The van der Waals surface area contributed by atoms with E-state index in [0.717, 1.165) is 10.1 Å². The van der Waals surface area contributed by atoms with E-state index < -0.39 is 24.3 Å². The lowest BCUT2D eigenvalue weighted by Crippen LogP contribution is -2.39. The molecule has 2 unspecified atom stereocenters. The highest BCUT2D eigenvalue weighted by atomic mass is 16.7. The quantitative estimate of drug-likeness (QED) is 0.546. The van der Waals surface area contributed by atoms with Gasteiger partial charge >= 0.3 is 17.6 Å². The number of hydrogen-bond donors (Lipinski definition) is 1. The smallest absolute Gasteiger partial charge is 0.330 e. The van der Waals surface area contributed by atoms with E-state index in [4.69, 9.17) is 15.2 Å². The van der Waals surface area contributed by atoms with Crippen molar-refractivity contribution in [1.29, 1.82) is 0 Å². The third kappa shape index (κ3) is 5.00. The number of hydrogen-bond acceptors (Lipinski definition) is 7. The molecule has 2 rings (SSSR count). The number of ether oxygens (including phenoxy) is 2. The van der Waals surface area contributed by atoms with Gasteiger partial charge in [-0.15, -0.1) is 0 Å². The minimum absolute atomic E-state index is 0.205. The molecule has 9 nitrogen and oxygen atoms in total. The van der Waals surface area contributed by atoms with Crippen LogP contribution in [0.3, 0.4) is 0 Å². The number of benzene rings is 1. The van der Waals surface area contributed by atoms with Gasteiger partial charge in [0.05, 0.1) is 5.56 Å². The highest BCUT2D eigenvalue weighted by Crippen LogP contribution is 2.19. The highest BCUT2D eigenvalue weighted by molar-refractivity contribution is 5.76.